The highest BCUT2D eigenvalue weighted by molar-refractivity contribution is 5.98. The number of aromatic nitrogens is 3. The molecule has 0 unspecified atom stereocenters. The number of phenolic OH excluding ortho intramolecular Hbond substituents is 1. The Balaban J connectivity index is 1.35. The van der Waals surface area contributed by atoms with Gasteiger partial charge in [-0.1, -0.05) is 178 Å². The fraction of sp³-hybridized carbons (Fsp3) is 0.238. The first kappa shape index (κ1) is 29.6. The third-order valence-electron chi connectivity index (χ3n) is 12.3. The molecule has 0 spiro atoms. The minimum atomic E-state index is -3.93. The quantitative estimate of drug-likeness (QED) is 0.157. The number of rotatable bonds is 9. The molecular formula is C63H63N3O. The third-order valence-corrected chi connectivity index (χ3v) is 12.3. The Hall–Kier alpha value is -7.04. The molecule has 67 heavy (non-hydrogen) atoms. The number of para-hydroxylation sites is 1. The lowest BCUT2D eigenvalue weighted by molar-refractivity contribution is 0.466. The summed E-state index contributed by atoms with van der Waals surface area (Å²) in [5, 5.41) is 12.4. The predicted octanol–water partition coefficient (Wildman–Crippen LogP) is 17.3. The topological polar surface area (TPSA) is 50.9 Å². The number of benzene rings is 7. The maximum atomic E-state index is 12.4. The van der Waals surface area contributed by atoms with Crippen LogP contribution < -0.4 is 0 Å². The van der Waals surface area contributed by atoms with Crippen molar-refractivity contribution >= 4 is 11.0 Å². The van der Waals surface area contributed by atoms with Crippen LogP contribution in [0.3, 0.4) is 0 Å². The van der Waals surface area contributed by atoms with Crippen LogP contribution in [0, 0.1) is 6.92 Å². The predicted molar refractivity (Wildman–Crippen MR) is 283 cm³/mol. The summed E-state index contributed by atoms with van der Waals surface area (Å²) in [6, 6.07) is 33.0. The molecule has 4 heteroatoms. The number of fused-ring (bicyclic) bond motifs is 1. The van der Waals surface area contributed by atoms with Crippen LogP contribution in [0.25, 0.3) is 83.9 Å². The van der Waals surface area contributed by atoms with E-state index in [-0.39, 0.29) is 34.3 Å². The summed E-state index contributed by atoms with van der Waals surface area (Å²) in [7, 11) is 0. The summed E-state index contributed by atoms with van der Waals surface area (Å²) >= 11 is 0. The van der Waals surface area contributed by atoms with Gasteiger partial charge in [0.05, 0.1) is 37.6 Å². The number of phenols is 1. The van der Waals surface area contributed by atoms with Gasteiger partial charge in [-0.25, -0.2) is 4.98 Å². The van der Waals surface area contributed by atoms with E-state index < -0.39 is 85.1 Å². The maximum Gasteiger partial charge on any atom is 0.149 e. The lowest BCUT2D eigenvalue weighted by atomic mass is 9.86. The average Bonchev–Trinajstić information content (AvgIpc) is 1.19. The van der Waals surface area contributed by atoms with Crippen molar-refractivity contribution in [2.75, 3.05) is 0 Å². The Morgan fingerprint density at radius 1 is 0.582 bits per heavy atom. The average molecular weight is 894 g/mol. The molecule has 1 N–H and O–H groups in total. The number of imidazole rings is 1. The van der Waals surface area contributed by atoms with Crippen molar-refractivity contribution in [3.63, 3.8) is 0 Å². The molecule has 0 atom stereocenters. The van der Waals surface area contributed by atoms with Gasteiger partial charge in [0, 0.05) is 35.2 Å². The van der Waals surface area contributed by atoms with Gasteiger partial charge in [-0.3, -0.25) is 9.55 Å². The van der Waals surface area contributed by atoms with Crippen molar-refractivity contribution in [2.45, 2.75) is 98.6 Å². The number of aryl methyl sites for hydroxylation is 1. The highest BCUT2D eigenvalue weighted by Crippen LogP contribution is 2.45. The number of nitrogens with zero attached hydrogens (tertiary/aromatic N) is 3. The zero-order chi connectivity index (χ0) is 61.0. The molecule has 0 radical (unpaired) electrons. The van der Waals surface area contributed by atoms with Crippen molar-refractivity contribution in [1.82, 2.24) is 14.5 Å². The first-order valence-electron chi connectivity index (χ1n) is 30.5. The van der Waals surface area contributed by atoms with E-state index in [2.05, 4.69) is 80.6 Å². The summed E-state index contributed by atoms with van der Waals surface area (Å²) in [6.07, 6.45) is -0.739. The van der Waals surface area contributed by atoms with Gasteiger partial charge in [0.2, 0.25) is 0 Å². The Bertz CT molecular complexity index is 3950. The van der Waals surface area contributed by atoms with E-state index in [0.717, 1.165) is 39.1 Å². The lowest BCUT2D eigenvalue weighted by Crippen LogP contribution is -2.10. The standard InChI is InChI=1S/C63H63N3O/c1-39(2)46-36-53(40(3)4)60(67)55(37-46)61-65-59-52(18-15-19-58(59)66(61)57-29-20-41(5)32-54(57)44-23-27-51(28-24-44)63(9,10)11)48-33-47(42-16-13-12-14-17-42)34-49(35-48)56-38-45(30-31-64-56)43-21-25-50(26-22-43)62(6,7)8/h12-40,67H,1-11H3/i6D3,7D3,8D3,21D,22D,25D,26D,30D,31D,38D. The molecule has 0 saturated heterocycles. The van der Waals surface area contributed by atoms with Crippen molar-refractivity contribution in [3.8, 4) is 78.6 Å². The molecule has 2 heterocycles. The van der Waals surface area contributed by atoms with Crippen LogP contribution in [0.4, 0.5) is 0 Å². The highest BCUT2D eigenvalue weighted by atomic mass is 16.3. The van der Waals surface area contributed by atoms with Crippen LogP contribution in [0.1, 0.15) is 131 Å². The van der Waals surface area contributed by atoms with Crippen molar-refractivity contribution < 1.29 is 27.0 Å². The Morgan fingerprint density at radius 2 is 1.30 bits per heavy atom. The monoisotopic (exact) mass is 894 g/mol. The van der Waals surface area contributed by atoms with Gasteiger partial charge >= 0.3 is 0 Å². The summed E-state index contributed by atoms with van der Waals surface area (Å²) in [5.41, 5.74) is 4.12. The Labute approximate surface area is 420 Å². The molecule has 2 aromatic heterocycles. The molecule has 0 aliphatic rings. The molecule has 9 aromatic rings. The van der Waals surface area contributed by atoms with Crippen molar-refractivity contribution in [1.29, 1.82) is 0 Å². The molecule has 0 bridgehead atoms. The highest BCUT2D eigenvalue weighted by Gasteiger charge is 2.26. The normalized spacial score (nSPS) is 16.1. The van der Waals surface area contributed by atoms with Gasteiger partial charge in [0.25, 0.3) is 0 Å². The van der Waals surface area contributed by atoms with E-state index in [1.54, 1.807) is 12.1 Å². The lowest BCUT2D eigenvalue weighted by Gasteiger charge is -2.21. The number of aromatic hydroxyl groups is 1. The second-order valence-corrected chi connectivity index (χ2v) is 19.0. The first-order valence-corrected chi connectivity index (χ1v) is 22.5. The van der Waals surface area contributed by atoms with Gasteiger partial charge < -0.3 is 5.11 Å². The molecule has 0 aliphatic carbocycles. The minimum absolute atomic E-state index is 0.0489. The zero-order valence-electron chi connectivity index (χ0n) is 55.0. The van der Waals surface area contributed by atoms with Crippen molar-refractivity contribution in [3.05, 3.63) is 192 Å². The molecule has 0 fully saturated rings. The van der Waals surface area contributed by atoms with Crippen LogP contribution in [0.15, 0.2) is 164 Å². The van der Waals surface area contributed by atoms with Crippen LogP contribution in [-0.4, -0.2) is 19.6 Å². The second kappa shape index (κ2) is 17.6. The maximum absolute atomic E-state index is 12.4. The molecule has 0 aliphatic heterocycles. The molecule has 7 aromatic carbocycles. The number of hydrogen-bond donors (Lipinski definition) is 1. The summed E-state index contributed by atoms with van der Waals surface area (Å²) < 4.78 is 141. The van der Waals surface area contributed by atoms with Crippen LogP contribution in [0.5, 0.6) is 5.75 Å². The van der Waals surface area contributed by atoms with E-state index in [9.17, 15) is 9.22 Å². The van der Waals surface area contributed by atoms with Gasteiger partial charge in [-0.2, -0.15) is 0 Å². The smallest absolute Gasteiger partial charge is 0.149 e. The van der Waals surface area contributed by atoms with Gasteiger partial charge in [0.1, 0.15) is 11.6 Å². The zero-order valence-corrected chi connectivity index (χ0v) is 39.0. The first-order chi connectivity index (χ1) is 38.6. The van der Waals surface area contributed by atoms with Gasteiger partial charge in [-0.05, 0) is 140 Å². The largest absolute Gasteiger partial charge is 0.507 e. The van der Waals surface area contributed by atoms with Gasteiger partial charge in [-0.15, -0.1) is 0 Å². The summed E-state index contributed by atoms with van der Waals surface area (Å²) in [5.74, 6) is 0.601. The van der Waals surface area contributed by atoms with Gasteiger partial charge in [0.15, 0.2) is 0 Å². The molecule has 336 valence electrons. The number of hydrogen-bond acceptors (Lipinski definition) is 3. The fourth-order valence-electron chi connectivity index (χ4n) is 8.53. The fourth-order valence-corrected chi connectivity index (χ4v) is 8.53. The molecule has 0 saturated carbocycles. The SMILES string of the molecule is [2H]c1nc(-c2cc(-c3ccccc3)cc(-c3cccc4c3nc(-c3cc(C(C)C)cc(C(C)C)c3O)n4-c3ccc(C)cc3-c3ccc(C(C)(C)C)cc3)c2)c([2H])c(-c2c([2H])c([2H])c(C(C([2H])([2H])[2H])(C([2H])([2H])[2H])C([2H])([2H])[2H])c([2H])c2[2H])c1[2H]. The van der Waals surface area contributed by atoms with Crippen LogP contribution >= 0.6 is 0 Å². The van der Waals surface area contributed by atoms with Crippen molar-refractivity contribution in [2.24, 2.45) is 0 Å². The third kappa shape index (κ3) is 8.98. The van der Waals surface area contributed by atoms with Crippen LogP contribution in [-0.2, 0) is 10.8 Å². The van der Waals surface area contributed by atoms with E-state index in [1.165, 1.54) is 5.56 Å². The second-order valence-electron chi connectivity index (χ2n) is 19.0. The van der Waals surface area contributed by atoms with E-state index in [1.807, 2.05) is 93.6 Å². The summed E-state index contributed by atoms with van der Waals surface area (Å²) in [4.78, 5) is 9.96. The van der Waals surface area contributed by atoms with E-state index >= 15 is 0 Å². The summed E-state index contributed by atoms with van der Waals surface area (Å²) in [6.45, 7) is 5.03. The van der Waals surface area contributed by atoms with Crippen LogP contribution in [0.2, 0.25) is 0 Å². The Morgan fingerprint density at radius 3 is 1.99 bits per heavy atom. The molecule has 9 rings (SSSR count). The Kier molecular flexibility index (Phi) is 7.79. The molecular weight excluding hydrogens is 815 g/mol. The molecule has 0 amide bonds. The number of pyridine rings is 1. The van der Waals surface area contributed by atoms with E-state index in [0.29, 0.717) is 39.1 Å². The minimum Gasteiger partial charge on any atom is -0.507 e. The van der Waals surface area contributed by atoms with E-state index in [4.69, 9.17) is 22.8 Å². The molecule has 4 nitrogen and oxygen atoms in total.